The maximum atomic E-state index is 9.74. The zero-order valence-electron chi connectivity index (χ0n) is 16.7. The lowest BCUT2D eigenvalue weighted by atomic mass is 9.93. The molecule has 3 aromatic rings. The summed E-state index contributed by atoms with van der Waals surface area (Å²) < 4.78 is 1.98. The largest absolute Gasteiger partial charge is 0.393 e. The van der Waals surface area contributed by atoms with E-state index in [1.54, 1.807) is 0 Å². The van der Waals surface area contributed by atoms with Gasteiger partial charge >= 0.3 is 0 Å². The molecular weight excluding hydrogens is 346 g/mol. The summed E-state index contributed by atoms with van der Waals surface area (Å²) in [7, 11) is 0. The van der Waals surface area contributed by atoms with Crippen LogP contribution in [0.5, 0.6) is 0 Å². The highest BCUT2D eigenvalue weighted by molar-refractivity contribution is 5.64. The molecule has 1 heterocycles. The number of aliphatic hydroxyl groups is 1. The minimum Gasteiger partial charge on any atom is -0.393 e. The van der Waals surface area contributed by atoms with Gasteiger partial charge in [-0.1, -0.05) is 41.5 Å². The van der Waals surface area contributed by atoms with Crippen molar-refractivity contribution in [3.05, 3.63) is 71.4 Å². The average Bonchev–Trinajstić information content (AvgIpc) is 3.12. The van der Waals surface area contributed by atoms with Crippen LogP contribution in [0.2, 0.25) is 0 Å². The molecule has 0 atom stereocenters. The minimum absolute atomic E-state index is 0.120. The summed E-state index contributed by atoms with van der Waals surface area (Å²) >= 11 is 0. The number of aryl methyl sites for hydroxylation is 2. The Balaban J connectivity index is 1.62. The van der Waals surface area contributed by atoms with Crippen LogP contribution in [0.25, 0.3) is 16.9 Å². The summed E-state index contributed by atoms with van der Waals surface area (Å²) in [6, 6.07) is 17.5. The van der Waals surface area contributed by atoms with Gasteiger partial charge in [0.25, 0.3) is 0 Å². The molecule has 0 aliphatic heterocycles. The van der Waals surface area contributed by atoms with E-state index in [2.05, 4.69) is 73.9 Å². The van der Waals surface area contributed by atoms with E-state index >= 15 is 0 Å². The Kier molecular flexibility index (Phi) is 5.60. The monoisotopic (exact) mass is 375 g/mol. The van der Waals surface area contributed by atoms with E-state index < -0.39 is 0 Å². The van der Waals surface area contributed by atoms with E-state index in [0.717, 1.165) is 49.2 Å². The minimum atomic E-state index is -0.120. The molecule has 1 fully saturated rings. The molecule has 1 aliphatic carbocycles. The predicted octanol–water partition coefficient (Wildman–Crippen LogP) is 4.55. The second kappa shape index (κ2) is 8.29. The van der Waals surface area contributed by atoms with Gasteiger partial charge in [0.15, 0.2) is 0 Å². The molecule has 2 aromatic carbocycles. The van der Waals surface area contributed by atoms with Crippen molar-refractivity contribution >= 4 is 0 Å². The molecule has 146 valence electrons. The predicted molar refractivity (Wildman–Crippen MR) is 114 cm³/mol. The third-order valence-corrected chi connectivity index (χ3v) is 5.66. The Bertz CT molecular complexity index is 921. The van der Waals surface area contributed by atoms with Gasteiger partial charge in [0.2, 0.25) is 0 Å². The summed E-state index contributed by atoms with van der Waals surface area (Å²) in [6.45, 7) is 5.00. The van der Waals surface area contributed by atoms with Gasteiger partial charge in [-0.05, 0) is 57.7 Å². The molecule has 0 unspecified atom stereocenters. The Morgan fingerprint density at radius 1 is 1.00 bits per heavy atom. The van der Waals surface area contributed by atoms with Crippen molar-refractivity contribution in [1.29, 1.82) is 0 Å². The lowest BCUT2D eigenvalue weighted by Gasteiger charge is -2.26. The summed E-state index contributed by atoms with van der Waals surface area (Å²) in [5.74, 6) is 0. The second-order valence-electron chi connectivity index (χ2n) is 8.04. The second-order valence-corrected chi connectivity index (χ2v) is 8.04. The first kappa shape index (κ1) is 18.9. The van der Waals surface area contributed by atoms with Crippen LogP contribution in [0.15, 0.2) is 54.7 Å². The summed E-state index contributed by atoms with van der Waals surface area (Å²) in [6.07, 6.45) is 5.88. The smallest absolute Gasteiger partial charge is 0.0972 e. The van der Waals surface area contributed by atoms with E-state index in [0.29, 0.717) is 6.04 Å². The molecule has 0 spiro atoms. The van der Waals surface area contributed by atoms with Crippen molar-refractivity contribution in [3.63, 3.8) is 0 Å². The summed E-state index contributed by atoms with van der Waals surface area (Å²) in [5, 5.41) is 18.4. The van der Waals surface area contributed by atoms with Crippen LogP contribution in [0.3, 0.4) is 0 Å². The highest BCUT2D eigenvalue weighted by Crippen LogP contribution is 2.26. The van der Waals surface area contributed by atoms with E-state index in [1.807, 2.05) is 4.68 Å². The average molecular weight is 376 g/mol. The molecule has 28 heavy (non-hydrogen) atoms. The maximum absolute atomic E-state index is 9.74. The van der Waals surface area contributed by atoms with Crippen LogP contribution in [-0.2, 0) is 6.54 Å². The number of nitrogens with one attached hydrogen (secondary N) is 1. The van der Waals surface area contributed by atoms with Crippen molar-refractivity contribution in [2.24, 2.45) is 0 Å². The first-order valence-corrected chi connectivity index (χ1v) is 10.2. The third-order valence-electron chi connectivity index (χ3n) is 5.66. The number of benzene rings is 2. The molecule has 1 aliphatic rings. The lowest BCUT2D eigenvalue weighted by molar-refractivity contribution is 0.116. The molecule has 0 radical (unpaired) electrons. The van der Waals surface area contributed by atoms with Gasteiger partial charge < -0.3 is 10.4 Å². The van der Waals surface area contributed by atoms with Crippen molar-refractivity contribution in [2.75, 3.05) is 0 Å². The number of aromatic nitrogens is 2. The van der Waals surface area contributed by atoms with Gasteiger partial charge in [0.1, 0.15) is 0 Å². The van der Waals surface area contributed by atoms with Gasteiger partial charge in [-0.15, -0.1) is 0 Å². The maximum Gasteiger partial charge on any atom is 0.0972 e. The van der Waals surface area contributed by atoms with E-state index in [-0.39, 0.29) is 6.10 Å². The fourth-order valence-corrected chi connectivity index (χ4v) is 3.94. The number of nitrogens with zero attached hydrogens (tertiary/aromatic N) is 2. The molecule has 0 amide bonds. The topological polar surface area (TPSA) is 50.1 Å². The van der Waals surface area contributed by atoms with E-state index in [9.17, 15) is 5.11 Å². The number of hydrogen-bond acceptors (Lipinski definition) is 3. The van der Waals surface area contributed by atoms with Gasteiger partial charge in [0, 0.05) is 29.9 Å². The summed E-state index contributed by atoms with van der Waals surface area (Å²) in [5.41, 5.74) is 6.96. The molecule has 4 nitrogen and oxygen atoms in total. The molecule has 2 N–H and O–H groups in total. The molecule has 0 saturated heterocycles. The molecular formula is C24H29N3O. The molecule has 1 aromatic heterocycles. The van der Waals surface area contributed by atoms with Crippen LogP contribution in [-0.4, -0.2) is 27.0 Å². The number of hydrogen-bond donors (Lipinski definition) is 2. The van der Waals surface area contributed by atoms with Gasteiger partial charge in [-0.3, -0.25) is 0 Å². The lowest BCUT2D eigenvalue weighted by Crippen LogP contribution is -2.34. The van der Waals surface area contributed by atoms with Crippen LogP contribution in [0.4, 0.5) is 0 Å². The van der Waals surface area contributed by atoms with Crippen molar-refractivity contribution < 1.29 is 5.11 Å². The Hall–Kier alpha value is -2.43. The highest BCUT2D eigenvalue weighted by Gasteiger charge is 2.20. The van der Waals surface area contributed by atoms with Crippen molar-refractivity contribution in [1.82, 2.24) is 15.1 Å². The standard InChI is InChI=1S/C24H29N3O/c1-17-6-10-22(11-7-17)27-16-20(15-25-21-8-12-23(28)13-9-21)24(26-27)19-5-3-4-18(2)14-19/h3-7,10-11,14,16,21,23,25,28H,8-9,12-13,15H2,1-2H3. The fraction of sp³-hybridized carbons (Fsp3) is 0.375. The Morgan fingerprint density at radius 3 is 2.46 bits per heavy atom. The van der Waals surface area contributed by atoms with Crippen molar-refractivity contribution in [2.45, 2.75) is 58.2 Å². The first-order valence-electron chi connectivity index (χ1n) is 10.2. The van der Waals surface area contributed by atoms with E-state index in [1.165, 1.54) is 16.7 Å². The highest BCUT2D eigenvalue weighted by atomic mass is 16.3. The normalized spacial score (nSPS) is 19.7. The van der Waals surface area contributed by atoms with Crippen LogP contribution in [0, 0.1) is 13.8 Å². The quantitative estimate of drug-likeness (QED) is 0.688. The molecule has 0 bridgehead atoms. The summed E-state index contributed by atoms with van der Waals surface area (Å²) in [4.78, 5) is 0. The van der Waals surface area contributed by atoms with Crippen LogP contribution >= 0.6 is 0 Å². The van der Waals surface area contributed by atoms with Crippen molar-refractivity contribution in [3.8, 4) is 16.9 Å². The number of rotatable bonds is 5. The Morgan fingerprint density at radius 2 is 1.75 bits per heavy atom. The fourth-order valence-electron chi connectivity index (χ4n) is 3.94. The van der Waals surface area contributed by atoms with Crippen LogP contribution < -0.4 is 5.32 Å². The van der Waals surface area contributed by atoms with Crippen LogP contribution in [0.1, 0.15) is 42.4 Å². The zero-order chi connectivity index (χ0) is 19.5. The Labute approximate surface area is 167 Å². The molecule has 4 heteroatoms. The molecule has 4 rings (SSSR count). The SMILES string of the molecule is Cc1ccc(-n2cc(CNC3CCC(O)CC3)c(-c3cccc(C)c3)n2)cc1. The van der Waals surface area contributed by atoms with Gasteiger partial charge in [-0.2, -0.15) is 5.10 Å². The number of aliphatic hydroxyl groups excluding tert-OH is 1. The zero-order valence-corrected chi connectivity index (χ0v) is 16.7. The van der Waals surface area contributed by atoms with Gasteiger partial charge in [0.05, 0.1) is 17.5 Å². The molecule has 1 saturated carbocycles. The third kappa shape index (κ3) is 4.34. The van der Waals surface area contributed by atoms with Gasteiger partial charge in [-0.25, -0.2) is 4.68 Å². The first-order chi connectivity index (χ1) is 13.6. The van der Waals surface area contributed by atoms with E-state index in [4.69, 9.17) is 5.10 Å².